The largest absolute Gasteiger partial charge is 0.324 e. The molecule has 1 rings (SSSR count). The fraction of sp³-hybridized carbons (Fsp3) is 0.375. The molecule has 1 atom stereocenters. The third-order valence-electron chi connectivity index (χ3n) is 1.62. The Morgan fingerprint density at radius 2 is 2.25 bits per heavy atom. The van der Waals surface area contributed by atoms with Crippen LogP contribution in [-0.2, 0) is 0 Å². The fourth-order valence-corrected chi connectivity index (χ4v) is 0.954. The normalized spacial score (nSPS) is 11.9. The van der Waals surface area contributed by atoms with Crippen molar-refractivity contribution in [2.75, 3.05) is 0 Å². The molecule has 0 bridgehead atoms. The number of pyridine rings is 1. The van der Waals surface area contributed by atoms with Crippen LogP contribution in [0.4, 0.5) is 0 Å². The van der Waals surface area contributed by atoms with E-state index in [2.05, 4.69) is 4.98 Å². The number of aromatic nitrogens is 1. The lowest BCUT2D eigenvalue weighted by Crippen LogP contribution is -2.08. The van der Waals surface area contributed by atoms with Crippen LogP contribution in [0.2, 0.25) is 5.15 Å². The van der Waals surface area contributed by atoms with Crippen molar-refractivity contribution in [1.29, 1.82) is 0 Å². The van der Waals surface area contributed by atoms with Gasteiger partial charge in [0.15, 0.2) is 0 Å². The highest BCUT2D eigenvalue weighted by Gasteiger charge is 2.01. The van der Waals surface area contributed by atoms with Gasteiger partial charge in [-0.1, -0.05) is 24.6 Å². The summed E-state index contributed by atoms with van der Waals surface area (Å²) in [7, 11) is 0. The number of nitrogens with two attached hydrogens (primary N) is 1. The van der Waals surface area contributed by atoms with Crippen molar-refractivity contribution in [3.05, 3.63) is 29.0 Å². The number of rotatable bonds is 2. The predicted molar refractivity (Wildman–Crippen MR) is 53.7 cm³/mol. The summed E-state index contributed by atoms with van der Waals surface area (Å²) in [6, 6.07) is 3.75. The highest BCUT2D eigenvalue weighted by molar-refractivity contribution is 6.29. The summed E-state index contributed by atoms with van der Waals surface area (Å²) in [6.45, 7) is 2.04. The van der Waals surface area contributed by atoms with Crippen LogP contribution in [0.25, 0.3) is 0 Å². The lowest BCUT2D eigenvalue weighted by Gasteiger charge is -2.07. The molecule has 0 saturated heterocycles. The van der Waals surface area contributed by atoms with Gasteiger partial charge in [0.25, 0.3) is 0 Å². The maximum atomic E-state index is 5.76. The zero-order chi connectivity index (χ0) is 8.27. The van der Waals surface area contributed by atoms with Gasteiger partial charge in [-0.3, -0.25) is 0 Å². The van der Waals surface area contributed by atoms with Gasteiger partial charge in [-0.15, -0.1) is 12.4 Å². The molecule has 0 unspecified atom stereocenters. The van der Waals surface area contributed by atoms with Crippen molar-refractivity contribution in [2.45, 2.75) is 19.4 Å². The quantitative estimate of drug-likeness (QED) is 0.757. The van der Waals surface area contributed by atoms with Crippen LogP contribution in [0.1, 0.15) is 24.9 Å². The Morgan fingerprint density at radius 1 is 1.58 bits per heavy atom. The lowest BCUT2D eigenvalue weighted by atomic mass is 10.1. The van der Waals surface area contributed by atoms with E-state index < -0.39 is 0 Å². The molecule has 0 amide bonds. The monoisotopic (exact) mass is 206 g/mol. The standard InChI is InChI=1S/C8H11ClN2.ClH/c1-2-7(10)6-3-4-8(9)11-5-6;/h3-5,7H,2,10H2,1H3;1H/t7-;/m1./s1. The first-order valence-corrected chi connectivity index (χ1v) is 3.99. The molecule has 4 heteroatoms. The van der Waals surface area contributed by atoms with E-state index in [1.54, 1.807) is 12.3 Å². The molecule has 0 spiro atoms. The summed E-state index contributed by atoms with van der Waals surface area (Å²) in [6.07, 6.45) is 2.64. The Bertz CT molecular complexity index is 223. The molecule has 0 fully saturated rings. The van der Waals surface area contributed by atoms with Crippen molar-refractivity contribution < 1.29 is 0 Å². The third-order valence-corrected chi connectivity index (χ3v) is 1.84. The Labute approximate surface area is 83.5 Å². The molecule has 1 heterocycles. The molecular weight excluding hydrogens is 195 g/mol. The van der Waals surface area contributed by atoms with Crippen LogP contribution in [0.15, 0.2) is 18.3 Å². The lowest BCUT2D eigenvalue weighted by molar-refractivity contribution is 0.695. The maximum absolute atomic E-state index is 5.76. The van der Waals surface area contributed by atoms with E-state index in [1.165, 1.54) is 0 Å². The molecule has 2 N–H and O–H groups in total. The van der Waals surface area contributed by atoms with Crippen LogP contribution >= 0.6 is 24.0 Å². The first kappa shape index (κ1) is 11.7. The molecule has 0 aliphatic rings. The highest BCUT2D eigenvalue weighted by atomic mass is 35.5. The Morgan fingerprint density at radius 3 is 2.67 bits per heavy atom. The number of nitrogens with zero attached hydrogens (tertiary/aromatic N) is 1. The molecule has 1 aromatic heterocycles. The van der Waals surface area contributed by atoms with E-state index in [1.807, 2.05) is 13.0 Å². The van der Waals surface area contributed by atoms with Gasteiger partial charge in [0, 0.05) is 12.2 Å². The Kier molecular flexibility index (Phi) is 5.22. The van der Waals surface area contributed by atoms with Crippen molar-refractivity contribution in [2.24, 2.45) is 5.73 Å². The smallest absolute Gasteiger partial charge is 0.129 e. The average molecular weight is 207 g/mol. The van der Waals surface area contributed by atoms with Gasteiger partial charge < -0.3 is 5.73 Å². The van der Waals surface area contributed by atoms with Crippen molar-refractivity contribution in [3.8, 4) is 0 Å². The molecule has 0 saturated carbocycles. The van der Waals surface area contributed by atoms with Crippen LogP contribution in [0.5, 0.6) is 0 Å². The molecule has 2 nitrogen and oxygen atoms in total. The van der Waals surface area contributed by atoms with Gasteiger partial charge in [-0.05, 0) is 18.1 Å². The van der Waals surface area contributed by atoms with E-state index >= 15 is 0 Å². The van der Waals surface area contributed by atoms with Crippen molar-refractivity contribution in [3.63, 3.8) is 0 Å². The molecule has 1 aromatic rings. The molecule has 0 aliphatic heterocycles. The third kappa shape index (κ3) is 2.97. The van der Waals surface area contributed by atoms with Gasteiger partial charge >= 0.3 is 0 Å². The van der Waals surface area contributed by atoms with E-state index in [0.717, 1.165) is 12.0 Å². The summed E-state index contributed by atoms with van der Waals surface area (Å²) in [5.41, 5.74) is 6.80. The summed E-state index contributed by atoms with van der Waals surface area (Å²) in [5.74, 6) is 0. The van der Waals surface area contributed by atoms with Gasteiger partial charge in [0.05, 0.1) is 0 Å². The summed E-state index contributed by atoms with van der Waals surface area (Å²) in [5, 5.41) is 0.511. The fourth-order valence-electron chi connectivity index (χ4n) is 0.842. The van der Waals surface area contributed by atoms with Crippen LogP contribution in [0.3, 0.4) is 0 Å². The molecule has 0 radical (unpaired) electrons. The minimum absolute atomic E-state index is 0. The molecular formula is C8H12Cl2N2. The van der Waals surface area contributed by atoms with E-state index in [-0.39, 0.29) is 18.4 Å². The second-order valence-electron chi connectivity index (χ2n) is 2.43. The Hall–Kier alpha value is -0.310. The Balaban J connectivity index is 0.00000121. The van der Waals surface area contributed by atoms with Gasteiger partial charge in [0.2, 0.25) is 0 Å². The van der Waals surface area contributed by atoms with E-state index in [4.69, 9.17) is 17.3 Å². The average Bonchev–Trinajstić information content (AvgIpc) is 2.05. The van der Waals surface area contributed by atoms with Crippen LogP contribution < -0.4 is 5.73 Å². The molecule has 0 aromatic carbocycles. The predicted octanol–water partition coefficient (Wildman–Crippen LogP) is 2.57. The zero-order valence-corrected chi connectivity index (χ0v) is 8.40. The number of halogens is 2. The van der Waals surface area contributed by atoms with Crippen molar-refractivity contribution >= 4 is 24.0 Å². The van der Waals surface area contributed by atoms with Crippen LogP contribution in [0, 0.1) is 0 Å². The second kappa shape index (κ2) is 5.36. The van der Waals surface area contributed by atoms with Crippen LogP contribution in [-0.4, -0.2) is 4.98 Å². The van der Waals surface area contributed by atoms with Gasteiger partial charge in [0.1, 0.15) is 5.15 Å². The molecule has 12 heavy (non-hydrogen) atoms. The van der Waals surface area contributed by atoms with E-state index in [9.17, 15) is 0 Å². The molecule has 68 valence electrons. The first-order valence-electron chi connectivity index (χ1n) is 3.61. The van der Waals surface area contributed by atoms with Crippen molar-refractivity contribution in [1.82, 2.24) is 4.98 Å². The number of hydrogen-bond donors (Lipinski definition) is 1. The first-order chi connectivity index (χ1) is 5.24. The summed E-state index contributed by atoms with van der Waals surface area (Å²) in [4.78, 5) is 3.93. The summed E-state index contributed by atoms with van der Waals surface area (Å²) < 4.78 is 0. The molecule has 0 aliphatic carbocycles. The maximum Gasteiger partial charge on any atom is 0.129 e. The number of hydrogen-bond acceptors (Lipinski definition) is 2. The SMILES string of the molecule is CC[C@@H](N)c1ccc(Cl)nc1.Cl. The zero-order valence-electron chi connectivity index (χ0n) is 6.83. The van der Waals surface area contributed by atoms with E-state index in [0.29, 0.717) is 5.15 Å². The van der Waals surface area contributed by atoms with Gasteiger partial charge in [-0.25, -0.2) is 4.98 Å². The minimum Gasteiger partial charge on any atom is -0.324 e. The topological polar surface area (TPSA) is 38.9 Å². The minimum atomic E-state index is 0. The van der Waals surface area contributed by atoms with Gasteiger partial charge in [-0.2, -0.15) is 0 Å². The summed E-state index contributed by atoms with van der Waals surface area (Å²) >= 11 is 5.61. The highest BCUT2D eigenvalue weighted by Crippen LogP contribution is 2.13. The second-order valence-corrected chi connectivity index (χ2v) is 2.82.